The Bertz CT molecular complexity index is 788. The van der Waals surface area contributed by atoms with Crippen LogP contribution in [0.25, 0.3) is 0 Å². The number of aliphatic imine (C=N–C) groups is 2. The third-order valence-corrected chi connectivity index (χ3v) is 3.87. The summed E-state index contributed by atoms with van der Waals surface area (Å²) in [5.74, 6) is 0. The zero-order valence-electron chi connectivity index (χ0n) is 14.0. The Hall–Kier alpha value is -3.00. The van der Waals surface area contributed by atoms with Crippen molar-refractivity contribution >= 4 is 23.8 Å². The van der Waals surface area contributed by atoms with Crippen molar-refractivity contribution in [3.8, 4) is 0 Å². The van der Waals surface area contributed by atoms with Gasteiger partial charge in [-0.1, -0.05) is 36.4 Å². The minimum atomic E-state index is 0.962. The average molecular weight is 312 g/mol. The summed E-state index contributed by atoms with van der Waals surface area (Å²) in [6, 6.07) is 24.3. The third kappa shape index (κ3) is 4.05. The van der Waals surface area contributed by atoms with Crippen LogP contribution >= 0.6 is 0 Å². The van der Waals surface area contributed by atoms with Gasteiger partial charge in [-0.05, 0) is 72.5 Å². The Morgan fingerprint density at radius 1 is 0.583 bits per heavy atom. The summed E-state index contributed by atoms with van der Waals surface area (Å²) in [7, 11) is 0. The Labute approximate surface area is 143 Å². The highest BCUT2D eigenvalue weighted by atomic mass is 14.7. The van der Waals surface area contributed by atoms with Gasteiger partial charge in [0.15, 0.2) is 0 Å². The van der Waals surface area contributed by atoms with Gasteiger partial charge in [0.1, 0.15) is 0 Å². The van der Waals surface area contributed by atoms with Gasteiger partial charge in [-0.25, -0.2) is 0 Å². The maximum absolute atomic E-state index is 4.54. The summed E-state index contributed by atoms with van der Waals surface area (Å²) in [6.07, 6.45) is 3.85. The molecule has 0 bridgehead atoms. The molecule has 2 heteroatoms. The van der Waals surface area contributed by atoms with Gasteiger partial charge in [-0.3, -0.25) is 9.98 Å². The molecule has 2 nitrogen and oxygen atoms in total. The minimum absolute atomic E-state index is 0.962. The van der Waals surface area contributed by atoms with E-state index < -0.39 is 0 Å². The van der Waals surface area contributed by atoms with E-state index >= 15 is 0 Å². The van der Waals surface area contributed by atoms with Crippen molar-refractivity contribution in [2.75, 3.05) is 0 Å². The molecule has 0 atom stereocenters. The molecule has 0 amide bonds. The second-order valence-electron chi connectivity index (χ2n) is 5.75. The van der Waals surface area contributed by atoms with Crippen LogP contribution in [-0.2, 0) is 0 Å². The van der Waals surface area contributed by atoms with Crippen LogP contribution in [0, 0.1) is 13.8 Å². The first kappa shape index (κ1) is 15.9. The largest absolute Gasteiger partial charge is 0.256 e. The lowest BCUT2D eigenvalue weighted by Gasteiger charge is -2.06. The van der Waals surface area contributed by atoms with Crippen molar-refractivity contribution in [2.45, 2.75) is 13.8 Å². The molecule has 0 N–H and O–H groups in total. The molecule has 0 fully saturated rings. The topological polar surface area (TPSA) is 24.7 Å². The Kier molecular flexibility index (Phi) is 4.97. The van der Waals surface area contributed by atoms with Gasteiger partial charge in [0, 0.05) is 12.4 Å². The normalized spacial score (nSPS) is 11.4. The Morgan fingerprint density at radius 3 is 1.33 bits per heavy atom. The monoisotopic (exact) mass is 312 g/mol. The molecule has 0 radical (unpaired) electrons. The highest BCUT2D eigenvalue weighted by Crippen LogP contribution is 2.17. The summed E-state index contributed by atoms with van der Waals surface area (Å²) in [4.78, 5) is 9.09. The first-order valence-electron chi connectivity index (χ1n) is 8.02. The Balaban J connectivity index is 1.83. The summed E-state index contributed by atoms with van der Waals surface area (Å²) in [6.45, 7) is 4.21. The van der Waals surface area contributed by atoms with E-state index in [2.05, 4.69) is 36.0 Å². The van der Waals surface area contributed by atoms with Crippen LogP contribution in [0.1, 0.15) is 22.3 Å². The van der Waals surface area contributed by atoms with Crippen molar-refractivity contribution in [3.05, 3.63) is 95.1 Å². The molecule has 0 aliphatic carbocycles. The van der Waals surface area contributed by atoms with Crippen molar-refractivity contribution in [3.63, 3.8) is 0 Å². The van der Waals surface area contributed by atoms with Crippen LogP contribution in [0.2, 0.25) is 0 Å². The Morgan fingerprint density at radius 2 is 0.958 bits per heavy atom. The molecular formula is C22H20N2. The molecule has 3 rings (SSSR count). The summed E-state index contributed by atoms with van der Waals surface area (Å²) in [5.41, 5.74) is 6.57. The maximum Gasteiger partial charge on any atom is 0.0629 e. The molecule has 0 spiro atoms. The molecule has 24 heavy (non-hydrogen) atoms. The van der Waals surface area contributed by atoms with E-state index in [1.165, 1.54) is 11.1 Å². The molecule has 3 aromatic rings. The zero-order valence-corrected chi connectivity index (χ0v) is 14.0. The number of benzene rings is 3. The predicted molar refractivity (Wildman–Crippen MR) is 103 cm³/mol. The second-order valence-corrected chi connectivity index (χ2v) is 5.75. The number of nitrogens with zero attached hydrogens (tertiary/aromatic N) is 2. The van der Waals surface area contributed by atoms with Crippen molar-refractivity contribution in [2.24, 2.45) is 9.98 Å². The first-order chi connectivity index (χ1) is 11.7. The second kappa shape index (κ2) is 7.51. The standard InChI is InChI=1S/C22H20N2/c1-17-13-20(16-24-22-11-7-4-8-12-22)18(2)14-19(17)15-23-21-9-5-3-6-10-21/h3-16H,1-2H3. The lowest BCUT2D eigenvalue weighted by atomic mass is 10.0. The number of hydrogen-bond acceptors (Lipinski definition) is 2. The fourth-order valence-electron chi connectivity index (χ4n) is 2.46. The molecule has 118 valence electrons. The zero-order chi connectivity index (χ0) is 16.8. The van der Waals surface area contributed by atoms with E-state index in [0.717, 1.165) is 22.5 Å². The van der Waals surface area contributed by atoms with Gasteiger partial charge in [0.25, 0.3) is 0 Å². The molecular weight excluding hydrogens is 292 g/mol. The van der Waals surface area contributed by atoms with Crippen LogP contribution in [-0.4, -0.2) is 12.4 Å². The van der Waals surface area contributed by atoms with E-state index in [-0.39, 0.29) is 0 Å². The maximum atomic E-state index is 4.54. The third-order valence-electron chi connectivity index (χ3n) is 3.87. The van der Waals surface area contributed by atoms with E-state index in [4.69, 9.17) is 0 Å². The first-order valence-corrected chi connectivity index (χ1v) is 8.02. The number of aryl methyl sites for hydroxylation is 2. The lowest BCUT2D eigenvalue weighted by molar-refractivity contribution is 1.36. The van der Waals surface area contributed by atoms with E-state index in [1.54, 1.807) is 0 Å². The average Bonchev–Trinajstić information content (AvgIpc) is 2.62. The van der Waals surface area contributed by atoms with Crippen LogP contribution in [0.5, 0.6) is 0 Å². The highest BCUT2D eigenvalue weighted by Gasteiger charge is 2.02. The fourth-order valence-corrected chi connectivity index (χ4v) is 2.46. The predicted octanol–water partition coefficient (Wildman–Crippen LogP) is 5.80. The molecule has 0 saturated carbocycles. The number of rotatable bonds is 4. The van der Waals surface area contributed by atoms with Gasteiger partial charge in [-0.15, -0.1) is 0 Å². The van der Waals surface area contributed by atoms with Gasteiger partial charge in [0.05, 0.1) is 11.4 Å². The molecule has 0 aliphatic heterocycles. The SMILES string of the molecule is Cc1cc(C=Nc2ccccc2)c(C)cc1C=Nc1ccccc1. The summed E-state index contributed by atoms with van der Waals surface area (Å²) >= 11 is 0. The van der Waals surface area contributed by atoms with Crippen LogP contribution in [0.15, 0.2) is 82.8 Å². The van der Waals surface area contributed by atoms with E-state index in [0.29, 0.717) is 0 Å². The molecule has 0 unspecified atom stereocenters. The highest BCUT2D eigenvalue weighted by molar-refractivity contribution is 5.89. The molecule has 0 aromatic heterocycles. The van der Waals surface area contributed by atoms with Gasteiger partial charge in [0.2, 0.25) is 0 Å². The minimum Gasteiger partial charge on any atom is -0.256 e. The smallest absolute Gasteiger partial charge is 0.0629 e. The van der Waals surface area contributed by atoms with Gasteiger partial charge in [-0.2, -0.15) is 0 Å². The van der Waals surface area contributed by atoms with Crippen LogP contribution in [0.3, 0.4) is 0 Å². The summed E-state index contributed by atoms with van der Waals surface area (Å²) in [5, 5.41) is 0. The van der Waals surface area contributed by atoms with Crippen molar-refractivity contribution < 1.29 is 0 Å². The molecule has 0 saturated heterocycles. The summed E-state index contributed by atoms with van der Waals surface area (Å²) < 4.78 is 0. The molecule has 3 aromatic carbocycles. The van der Waals surface area contributed by atoms with Gasteiger partial charge >= 0.3 is 0 Å². The molecule has 0 heterocycles. The molecule has 0 aliphatic rings. The van der Waals surface area contributed by atoms with Crippen LogP contribution in [0.4, 0.5) is 11.4 Å². The lowest BCUT2D eigenvalue weighted by Crippen LogP contribution is -1.94. The number of para-hydroxylation sites is 2. The fraction of sp³-hybridized carbons (Fsp3) is 0.0909. The van der Waals surface area contributed by atoms with Crippen molar-refractivity contribution in [1.29, 1.82) is 0 Å². The number of hydrogen-bond donors (Lipinski definition) is 0. The van der Waals surface area contributed by atoms with E-state index in [9.17, 15) is 0 Å². The van der Waals surface area contributed by atoms with Gasteiger partial charge < -0.3 is 0 Å². The quantitative estimate of drug-likeness (QED) is 0.544. The van der Waals surface area contributed by atoms with E-state index in [1.807, 2.05) is 73.1 Å². The van der Waals surface area contributed by atoms with Crippen LogP contribution < -0.4 is 0 Å². The van der Waals surface area contributed by atoms with Crippen molar-refractivity contribution in [1.82, 2.24) is 0 Å².